The monoisotopic (exact) mass is 295 g/mol. The van der Waals surface area contributed by atoms with Crippen LogP contribution in [0.1, 0.15) is 13.3 Å². The molecule has 4 heteroatoms. The van der Waals surface area contributed by atoms with Gasteiger partial charge in [0.05, 0.1) is 12.6 Å². The van der Waals surface area contributed by atoms with Gasteiger partial charge in [-0.1, -0.05) is 25.1 Å². The lowest BCUT2D eigenvalue weighted by atomic mass is 10.1. The first kappa shape index (κ1) is 14.6. The molecule has 0 fully saturated rings. The fourth-order valence-electron chi connectivity index (χ4n) is 2.70. The topological polar surface area (TPSA) is 50.1 Å². The molecule has 1 atom stereocenters. The number of hydrogen-bond donors (Lipinski definition) is 2. The minimum atomic E-state index is 0.0518. The molecule has 3 aromatic rings. The highest BCUT2D eigenvalue weighted by Crippen LogP contribution is 2.30. The van der Waals surface area contributed by atoms with E-state index in [0.717, 1.165) is 17.8 Å². The van der Waals surface area contributed by atoms with Crippen molar-refractivity contribution in [3.63, 3.8) is 0 Å². The Morgan fingerprint density at radius 3 is 2.73 bits per heavy atom. The van der Waals surface area contributed by atoms with E-state index in [4.69, 9.17) is 0 Å². The van der Waals surface area contributed by atoms with Crippen LogP contribution in [0.25, 0.3) is 22.0 Å². The van der Waals surface area contributed by atoms with Crippen molar-refractivity contribution >= 4 is 16.7 Å². The van der Waals surface area contributed by atoms with Gasteiger partial charge in [0, 0.05) is 41.5 Å². The predicted octanol–water partition coefficient (Wildman–Crippen LogP) is 3.42. The third kappa shape index (κ3) is 2.70. The van der Waals surface area contributed by atoms with Crippen molar-refractivity contribution in [1.82, 2.24) is 9.55 Å². The average Bonchev–Trinajstić information content (AvgIpc) is 2.91. The molecule has 3 rings (SSSR count). The third-order valence-electron chi connectivity index (χ3n) is 4.04. The van der Waals surface area contributed by atoms with Crippen molar-refractivity contribution in [3.8, 4) is 11.1 Å². The Kier molecular flexibility index (Phi) is 4.11. The van der Waals surface area contributed by atoms with E-state index in [0.29, 0.717) is 0 Å². The van der Waals surface area contributed by atoms with Crippen LogP contribution in [0.15, 0.2) is 48.8 Å². The van der Waals surface area contributed by atoms with Crippen molar-refractivity contribution < 1.29 is 5.11 Å². The van der Waals surface area contributed by atoms with Crippen molar-refractivity contribution in [2.24, 2.45) is 7.05 Å². The molecule has 1 aromatic carbocycles. The Morgan fingerprint density at radius 2 is 2.05 bits per heavy atom. The number of aliphatic hydroxyl groups excluding tert-OH is 1. The molecule has 2 N–H and O–H groups in total. The first-order chi connectivity index (χ1) is 10.7. The number of anilines is 1. The van der Waals surface area contributed by atoms with Gasteiger partial charge in [-0.2, -0.15) is 0 Å². The highest BCUT2D eigenvalue weighted by Gasteiger charge is 2.09. The fraction of sp³-hybridized carbons (Fsp3) is 0.278. The maximum atomic E-state index is 9.25. The van der Waals surface area contributed by atoms with Crippen LogP contribution in [-0.2, 0) is 7.05 Å². The van der Waals surface area contributed by atoms with Gasteiger partial charge in [0.15, 0.2) is 0 Å². The van der Waals surface area contributed by atoms with Gasteiger partial charge in [-0.25, -0.2) is 4.98 Å². The lowest BCUT2D eigenvalue weighted by Gasteiger charge is -2.14. The Morgan fingerprint density at radius 1 is 1.23 bits per heavy atom. The zero-order chi connectivity index (χ0) is 15.5. The van der Waals surface area contributed by atoms with Crippen LogP contribution in [0, 0.1) is 0 Å². The molecular formula is C18H21N3O. The summed E-state index contributed by atoms with van der Waals surface area (Å²) in [5.74, 6) is 0.796. The Hall–Kier alpha value is -2.33. The first-order valence-corrected chi connectivity index (χ1v) is 7.60. The van der Waals surface area contributed by atoms with Gasteiger partial charge in [-0.3, -0.25) is 0 Å². The summed E-state index contributed by atoms with van der Waals surface area (Å²) in [6.45, 7) is 2.15. The summed E-state index contributed by atoms with van der Waals surface area (Å²) in [5.41, 5.74) is 3.50. The highest BCUT2D eigenvalue weighted by atomic mass is 16.3. The second-order valence-electron chi connectivity index (χ2n) is 5.54. The molecule has 2 heterocycles. The van der Waals surface area contributed by atoms with Crippen LogP contribution < -0.4 is 5.32 Å². The first-order valence-electron chi connectivity index (χ1n) is 7.60. The lowest BCUT2D eigenvalue weighted by Crippen LogP contribution is -2.23. The molecule has 0 aliphatic heterocycles. The normalized spacial score (nSPS) is 12.5. The molecular weight excluding hydrogens is 274 g/mol. The highest BCUT2D eigenvalue weighted by molar-refractivity contribution is 5.95. The van der Waals surface area contributed by atoms with Crippen LogP contribution in [0.2, 0.25) is 0 Å². The summed E-state index contributed by atoms with van der Waals surface area (Å²) in [7, 11) is 2.06. The minimum absolute atomic E-state index is 0.0518. The molecule has 0 unspecified atom stereocenters. The zero-order valence-corrected chi connectivity index (χ0v) is 13.0. The number of fused-ring (bicyclic) bond motifs is 1. The maximum absolute atomic E-state index is 9.25. The van der Waals surface area contributed by atoms with E-state index in [1.54, 1.807) is 0 Å². The van der Waals surface area contributed by atoms with Crippen molar-refractivity contribution in [2.75, 3.05) is 11.9 Å². The summed E-state index contributed by atoms with van der Waals surface area (Å²) in [6.07, 6.45) is 4.88. The largest absolute Gasteiger partial charge is 0.394 e. The smallest absolute Gasteiger partial charge is 0.126 e. The molecule has 0 bridgehead atoms. The number of aromatic nitrogens is 2. The van der Waals surface area contributed by atoms with E-state index in [1.807, 2.05) is 19.2 Å². The van der Waals surface area contributed by atoms with E-state index in [1.165, 1.54) is 16.5 Å². The minimum Gasteiger partial charge on any atom is -0.394 e. The SMILES string of the molecule is CC[C@H](CO)Nc1ccc(-c2cn(C)c3ccccc23)cn1. The second kappa shape index (κ2) is 6.20. The van der Waals surface area contributed by atoms with Gasteiger partial charge in [-0.05, 0) is 24.6 Å². The number of para-hydroxylation sites is 1. The quantitative estimate of drug-likeness (QED) is 0.758. The van der Waals surface area contributed by atoms with Crippen LogP contribution in [0.3, 0.4) is 0 Å². The van der Waals surface area contributed by atoms with E-state index in [2.05, 4.69) is 58.4 Å². The Balaban J connectivity index is 1.92. The number of hydrogen-bond acceptors (Lipinski definition) is 3. The number of aliphatic hydroxyl groups is 1. The maximum Gasteiger partial charge on any atom is 0.126 e. The standard InChI is InChI=1S/C18H21N3O/c1-3-14(12-22)20-18-9-8-13(10-19-18)16-11-21(2)17-7-5-4-6-15(16)17/h4-11,14,22H,3,12H2,1-2H3,(H,19,20)/t14-/m1/s1. The van der Waals surface area contributed by atoms with Crippen molar-refractivity contribution in [2.45, 2.75) is 19.4 Å². The van der Waals surface area contributed by atoms with Crippen LogP contribution in [-0.4, -0.2) is 27.3 Å². The van der Waals surface area contributed by atoms with E-state index < -0.39 is 0 Å². The molecule has 0 spiro atoms. The number of rotatable bonds is 5. The van der Waals surface area contributed by atoms with Gasteiger partial charge in [0.1, 0.15) is 5.82 Å². The molecule has 0 aliphatic carbocycles. The number of nitrogens with one attached hydrogen (secondary N) is 1. The molecule has 4 nitrogen and oxygen atoms in total. The third-order valence-corrected chi connectivity index (χ3v) is 4.04. The van der Waals surface area contributed by atoms with E-state index in [-0.39, 0.29) is 12.6 Å². The molecule has 0 saturated carbocycles. The van der Waals surface area contributed by atoms with Gasteiger partial charge in [0.25, 0.3) is 0 Å². The Bertz CT molecular complexity index is 758. The molecule has 0 radical (unpaired) electrons. The van der Waals surface area contributed by atoms with Gasteiger partial charge < -0.3 is 15.0 Å². The number of aryl methyl sites for hydroxylation is 1. The van der Waals surface area contributed by atoms with Crippen LogP contribution in [0.4, 0.5) is 5.82 Å². The average molecular weight is 295 g/mol. The molecule has 0 aliphatic rings. The number of pyridine rings is 1. The molecule has 22 heavy (non-hydrogen) atoms. The lowest BCUT2D eigenvalue weighted by molar-refractivity contribution is 0.271. The molecule has 0 amide bonds. The van der Waals surface area contributed by atoms with Gasteiger partial charge >= 0.3 is 0 Å². The Labute approximate surface area is 130 Å². The van der Waals surface area contributed by atoms with Crippen LogP contribution >= 0.6 is 0 Å². The molecule has 0 saturated heterocycles. The van der Waals surface area contributed by atoms with Gasteiger partial charge in [0.2, 0.25) is 0 Å². The van der Waals surface area contributed by atoms with E-state index in [9.17, 15) is 5.11 Å². The summed E-state index contributed by atoms with van der Waals surface area (Å²) >= 11 is 0. The second-order valence-corrected chi connectivity index (χ2v) is 5.54. The number of benzene rings is 1. The summed E-state index contributed by atoms with van der Waals surface area (Å²) in [6, 6.07) is 12.5. The zero-order valence-electron chi connectivity index (χ0n) is 13.0. The summed E-state index contributed by atoms with van der Waals surface area (Å²) < 4.78 is 2.13. The van der Waals surface area contributed by atoms with Crippen LogP contribution in [0.5, 0.6) is 0 Å². The van der Waals surface area contributed by atoms with Crippen molar-refractivity contribution in [3.05, 3.63) is 48.8 Å². The van der Waals surface area contributed by atoms with E-state index >= 15 is 0 Å². The molecule has 114 valence electrons. The summed E-state index contributed by atoms with van der Waals surface area (Å²) in [5, 5.41) is 13.7. The predicted molar refractivity (Wildman–Crippen MR) is 90.9 cm³/mol. The summed E-state index contributed by atoms with van der Waals surface area (Å²) in [4.78, 5) is 4.48. The van der Waals surface area contributed by atoms with Gasteiger partial charge in [-0.15, -0.1) is 0 Å². The fourth-order valence-corrected chi connectivity index (χ4v) is 2.70. The number of nitrogens with zero attached hydrogens (tertiary/aromatic N) is 2. The molecule has 2 aromatic heterocycles. The van der Waals surface area contributed by atoms with Crippen molar-refractivity contribution in [1.29, 1.82) is 0 Å².